The predicted molar refractivity (Wildman–Crippen MR) is 107 cm³/mol. The van der Waals surface area contributed by atoms with Crippen molar-refractivity contribution in [2.75, 3.05) is 26.3 Å². The lowest BCUT2D eigenvalue weighted by molar-refractivity contribution is 0.00597. The highest BCUT2D eigenvalue weighted by molar-refractivity contribution is 6.30. The highest BCUT2D eigenvalue weighted by Gasteiger charge is 2.38. The van der Waals surface area contributed by atoms with Gasteiger partial charge in [-0.15, -0.1) is 0 Å². The molecule has 0 saturated carbocycles. The van der Waals surface area contributed by atoms with E-state index in [4.69, 9.17) is 16.3 Å². The van der Waals surface area contributed by atoms with E-state index in [9.17, 15) is 4.79 Å². The molecule has 2 bridgehead atoms. The van der Waals surface area contributed by atoms with Crippen LogP contribution < -0.4 is 5.56 Å². The van der Waals surface area contributed by atoms with E-state index in [1.165, 1.54) is 17.7 Å². The fraction of sp³-hybridized carbons (Fsp3) is 0.500. The second-order valence-corrected chi connectivity index (χ2v) is 8.62. The van der Waals surface area contributed by atoms with Gasteiger partial charge >= 0.3 is 0 Å². The number of piperidine rings is 1. The fourth-order valence-corrected chi connectivity index (χ4v) is 5.40. The number of pyridine rings is 1. The number of benzene rings is 1. The maximum absolute atomic E-state index is 12.6. The minimum atomic E-state index is 0.136. The van der Waals surface area contributed by atoms with E-state index in [0.29, 0.717) is 17.9 Å². The van der Waals surface area contributed by atoms with Crippen LogP contribution in [0.3, 0.4) is 0 Å². The molecule has 3 aliphatic rings. The summed E-state index contributed by atoms with van der Waals surface area (Å²) in [5.74, 6) is 0.984. The number of aromatic nitrogens is 1. The Bertz CT molecular complexity index is 886. The Morgan fingerprint density at radius 1 is 0.963 bits per heavy atom. The molecule has 0 aliphatic carbocycles. The van der Waals surface area contributed by atoms with E-state index < -0.39 is 0 Å². The zero-order chi connectivity index (χ0) is 18.4. The molecule has 1 aromatic heterocycles. The summed E-state index contributed by atoms with van der Waals surface area (Å²) in [6.45, 7) is 4.75. The Kier molecular flexibility index (Phi) is 4.58. The van der Waals surface area contributed by atoms with Crippen LogP contribution in [0.15, 0.2) is 41.2 Å². The Morgan fingerprint density at radius 2 is 1.74 bits per heavy atom. The summed E-state index contributed by atoms with van der Waals surface area (Å²) in [7, 11) is 0. The Balaban J connectivity index is 1.53. The van der Waals surface area contributed by atoms with Crippen LogP contribution in [0.5, 0.6) is 0 Å². The standard InChI is InChI=1S/C22H25ClN2O2/c23-18-3-1-16(2-4-18)20-5-6-21(26)25-13-15-11-17(22(20)25)14-24(12-15)19-7-9-27-10-8-19/h1-6,15,17,19H,7-14H2/t15-,17+/m0/s1. The number of rotatable bonds is 2. The van der Waals surface area contributed by atoms with Crippen molar-refractivity contribution in [2.24, 2.45) is 5.92 Å². The molecule has 3 aliphatic heterocycles. The molecule has 0 unspecified atom stereocenters. The van der Waals surface area contributed by atoms with Crippen molar-refractivity contribution in [3.8, 4) is 11.1 Å². The Labute approximate surface area is 164 Å². The summed E-state index contributed by atoms with van der Waals surface area (Å²) in [6.07, 6.45) is 3.44. The molecule has 4 nitrogen and oxygen atoms in total. The molecule has 2 aromatic rings. The van der Waals surface area contributed by atoms with Crippen molar-refractivity contribution in [3.63, 3.8) is 0 Å². The maximum atomic E-state index is 12.6. The zero-order valence-corrected chi connectivity index (χ0v) is 16.2. The number of likely N-dealkylation sites (tertiary alicyclic amines) is 1. The van der Waals surface area contributed by atoms with Crippen molar-refractivity contribution < 1.29 is 4.74 Å². The summed E-state index contributed by atoms with van der Waals surface area (Å²) in [4.78, 5) is 15.3. The second-order valence-electron chi connectivity index (χ2n) is 8.18. The van der Waals surface area contributed by atoms with Gasteiger partial charge in [-0.3, -0.25) is 9.69 Å². The van der Waals surface area contributed by atoms with Gasteiger partial charge < -0.3 is 9.30 Å². The highest BCUT2D eigenvalue weighted by Crippen LogP contribution is 2.41. The first-order valence-electron chi connectivity index (χ1n) is 10.0. The van der Waals surface area contributed by atoms with Crippen molar-refractivity contribution in [1.29, 1.82) is 0 Å². The third-order valence-electron chi connectivity index (χ3n) is 6.48. The molecule has 27 heavy (non-hydrogen) atoms. The van der Waals surface area contributed by atoms with Crippen LogP contribution >= 0.6 is 11.6 Å². The molecule has 2 fully saturated rings. The summed E-state index contributed by atoms with van der Waals surface area (Å²) in [5, 5.41) is 0.740. The van der Waals surface area contributed by atoms with Gasteiger partial charge in [0.1, 0.15) is 0 Å². The second kappa shape index (κ2) is 7.08. The maximum Gasteiger partial charge on any atom is 0.250 e. The molecule has 5 rings (SSSR count). The van der Waals surface area contributed by atoms with Gasteiger partial charge in [0, 0.05) is 67.2 Å². The zero-order valence-electron chi connectivity index (χ0n) is 15.4. The molecule has 4 heterocycles. The molecular weight excluding hydrogens is 360 g/mol. The molecule has 142 valence electrons. The van der Waals surface area contributed by atoms with Gasteiger partial charge in [0.25, 0.3) is 5.56 Å². The first-order chi connectivity index (χ1) is 13.2. The van der Waals surface area contributed by atoms with Crippen LogP contribution in [0.2, 0.25) is 5.02 Å². The van der Waals surface area contributed by atoms with E-state index >= 15 is 0 Å². The van der Waals surface area contributed by atoms with Crippen LogP contribution in [0.1, 0.15) is 30.9 Å². The average molecular weight is 385 g/mol. The van der Waals surface area contributed by atoms with Crippen LogP contribution in [0, 0.1) is 5.92 Å². The molecule has 2 saturated heterocycles. The minimum absolute atomic E-state index is 0.136. The van der Waals surface area contributed by atoms with Gasteiger partial charge in [-0.25, -0.2) is 0 Å². The lowest BCUT2D eigenvalue weighted by Gasteiger charge is -2.47. The quantitative estimate of drug-likeness (QED) is 0.790. The summed E-state index contributed by atoms with van der Waals surface area (Å²) in [5.41, 5.74) is 3.68. The SMILES string of the molecule is O=c1ccc(-c2ccc(Cl)cc2)c2n1C[C@H]1C[C@@H]2CN(C2CCOCC2)C1. The number of fused-ring (bicyclic) bond motifs is 4. The van der Waals surface area contributed by atoms with Crippen LogP contribution in [0.4, 0.5) is 0 Å². The number of nitrogens with zero attached hydrogens (tertiary/aromatic N) is 2. The summed E-state index contributed by atoms with van der Waals surface area (Å²) >= 11 is 6.08. The monoisotopic (exact) mass is 384 g/mol. The normalized spacial score (nSPS) is 26.0. The largest absolute Gasteiger partial charge is 0.381 e. The third kappa shape index (κ3) is 3.24. The highest BCUT2D eigenvalue weighted by atomic mass is 35.5. The van der Waals surface area contributed by atoms with E-state index in [-0.39, 0.29) is 5.56 Å². The van der Waals surface area contributed by atoms with E-state index in [1.807, 2.05) is 22.8 Å². The molecule has 1 aromatic carbocycles. The van der Waals surface area contributed by atoms with Crippen LogP contribution in [0.25, 0.3) is 11.1 Å². The number of hydrogen-bond acceptors (Lipinski definition) is 3. The van der Waals surface area contributed by atoms with Gasteiger partial charge in [0.15, 0.2) is 0 Å². The lowest BCUT2D eigenvalue weighted by atomic mass is 9.79. The Morgan fingerprint density at radius 3 is 2.52 bits per heavy atom. The summed E-state index contributed by atoms with van der Waals surface area (Å²) in [6, 6.07) is 12.3. The smallest absolute Gasteiger partial charge is 0.250 e. The molecule has 2 atom stereocenters. The van der Waals surface area contributed by atoms with Gasteiger partial charge in [-0.2, -0.15) is 0 Å². The van der Waals surface area contributed by atoms with E-state index in [2.05, 4.69) is 17.0 Å². The lowest BCUT2D eigenvalue weighted by Crippen LogP contribution is -2.51. The van der Waals surface area contributed by atoms with Gasteiger partial charge in [-0.1, -0.05) is 23.7 Å². The topological polar surface area (TPSA) is 34.5 Å². The first kappa shape index (κ1) is 17.5. The average Bonchev–Trinajstić information content (AvgIpc) is 2.70. The molecular formula is C22H25ClN2O2. The van der Waals surface area contributed by atoms with Gasteiger partial charge in [-0.05, 0) is 48.9 Å². The fourth-order valence-electron chi connectivity index (χ4n) is 5.27. The Hall–Kier alpha value is -1.62. The molecule has 0 radical (unpaired) electrons. The number of ether oxygens (including phenoxy) is 1. The van der Waals surface area contributed by atoms with Crippen molar-refractivity contribution in [2.45, 2.75) is 37.8 Å². The van der Waals surface area contributed by atoms with Crippen molar-refractivity contribution in [1.82, 2.24) is 9.47 Å². The van der Waals surface area contributed by atoms with Crippen LogP contribution in [-0.2, 0) is 11.3 Å². The molecule has 0 spiro atoms. The molecule has 0 amide bonds. The van der Waals surface area contributed by atoms with Gasteiger partial charge in [0.2, 0.25) is 0 Å². The predicted octanol–water partition coefficient (Wildman–Crippen LogP) is 3.77. The molecule has 0 N–H and O–H groups in total. The van der Waals surface area contributed by atoms with Crippen molar-refractivity contribution in [3.05, 3.63) is 57.5 Å². The minimum Gasteiger partial charge on any atom is -0.381 e. The van der Waals surface area contributed by atoms with E-state index in [1.54, 1.807) is 6.07 Å². The first-order valence-corrected chi connectivity index (χ1v) is 10.4. The van der Waals surface area contributed by atoms with Gasteiger partial charge in [0.05, 0.1) is 0 Å². The molecule has 5 heteroatoms. The van der Waals surface area contributed by atoms with Crippen LogP contribution in [-0.4, -0.2) is 41.8 Å². The number of hydrogen-bond donors (Lipinski definition) is 0. The van der Waals surface area contributed by atoms with Crippen molar-refractivity contribution >= 4 is 11.6 Å². The number of halogens is 1. The van der Waals surface area contributed by atoms with E-state index in [0.717, 1.165) is 56.3 Å². The summed E-state index contributed by atoms with van der Waals surface area (Å²) < 4.78 is 7.61. The third-order valence-corrected chi connectivity index (χ3v) is 6.73.